The van der Waals surface area contributed by atoms with Crippen LogP contribution in [-0.4, -0.2) is 52.8 Å². The average molecular weight is 393 g/mol. The number of nitrogens with zero attached hydrogens (tertiary/aromatic N) is 4. The Morgan fingerprint density at radius 1 is 1.07 bits per heavy atom. The fourth-order valence-corrected chi connectivity index (χ4v) is 8.33. The molecule has 1 aromatic rings. The summed E-state index contributed by atoms with van der Waals surface area (Å²) in [4.78, 5) is 0. The van der Waals surface area contributed by atoms with Gasteiger partial charge in [-0.25, -0.2) is 14.0 Å². The summed E-state index contributed by atoms with van der Waals surface area (Å²) in [7, 11) is 0.393. The van der Waals surface area contributed by atoms with E-state index in [-0.39, 0.29) is 5.54 Å². The first kappa shape index (κ1) is 22.6. The average Bonchev–Trinajstić information content (AvgIpc) is 2.59. The molecule has 1 aliphatic rings. The van der Waals surface area contributed by atoms with Gasteiger partial charge < -0.3 is 0 Å². The van der Waals surface area contributed by atoms with Gasteiger partial charge in [-0.2, -0.15) is 0 Å². The lowest BCUT2D eigenvalue weighted by atomic mass is 10.0. The van der Waals surface area contributed by atoms with Crippen molar-refractivity contribution in [2.24, 2.45) is 4.74 Å². The minimum absolute atomic E-state index is 0.0539. The molecule has 0 N–H and O–H groups in total. The third kappa shape index (κ3) is 5.23. The molecule has 1 fully saturated rings. The molecule has 0 bridgehead atoms. The summed E-state index contributed by atoms with van der Waals surface area (Å²) in [5.74, 6) is 0.582. The highest BCUT2D eigenvalue weighted by Crippen LogP contribution is 2.62. The molecular weight excluding hydrogens is 351 g/mol. The molecule has 0 radical (unpaired) electrons. The zero-order valence-corrected chi connectivity index (χ0v) is 19.8. The molecule has 1 aliphatic heterocycles. The van der Waals surface area contributed by atoms with Gasteiger partial charge in [-0.3, -0.25) is 4.74 Å². The lowest BCUT2D eigenvalue weighted by molar-refractivity contribution is 0.280. The van der Waals surface area contributed by atoms with Crippen molar-refractivity contribution in [2.45, 2.75) is 72.9 Å². The standard InChI is InChI=1S/C22H41N4P/c1-9-25(10-2)27(23-22(5,6)7)24(8)16-11-17-26(27)18-20-12-14-21(15-13-20)19(3)4/h12-15,19H,9-11,16-18H2,1-8H3. The van der Waals surface area contributed by atoms with Gasteiger partial charge in [0.1, 0.15) is 0 Å². The van der Waals surface area contributed by atoms with Gasteiger partial charge in [0, 0.05) is 32.7 Å². The zero-order chi connectivity index (χ0) is 20.2. The van der Waals surface area contributed by atoms with Gasteiger partial charge in [0.15, 0.2) is 7.51 Å². The number of hydrogen-bond acceptors (Lipinski definition) is 1. The monoisotopic (exact) mass is 392 g/mol. The molecule has 1 saturated heterocycles. The van der Waals surface area contributed by atoms with Crippen molar-refractivity contribution in [3.63, 3.8) is 0 Å². The second-order valence-corrected chi connectivity index (χ2v) is 12.1. The van der Waals surface area contributed by atoms with Gasteiger partial charge in [0.05, 0.1) is 5.54 Å². The molecule has 0 aliphatic carbocycles. The maximum Gasteiger partial charge on any atom is 0.168 e. The zero-order valence-electron chi connectivity index (χ0n) is 18.9. The van der Waals surface area contributed by atoms with Crippen LogP contribution in [0.4, 0.5) is 0 Å². The summed E-state index contributed by atoms with van der Waals surface area (Å²) in [6.45, 7) is 21.1. The summed E-state index contributed by atoms with van der Waals surface area (Å²) in [5.41, 5.74) is 2.76. The van der Waals surface area contributed by atoms with Crippen molar-refractivity contribution in [2.75, 3.05) is 33.2 Å². The van der Waals surface area contributed by atoms with Crippen molar-refractivity contribution in [1.82, 2.24) is 14.0 Å². The van der Waals surface area contributed by atoms with Crippen LogP contribution in [0.5, 0.6) is 0 Å². The Labute approximate surface area is 168 Å². The van der Waals surface area contributed by atoms with Crippen LogP contribution in [0.2, 0.25) is 0 Å². The molecule has 5 heteroatoms. The number of hydrogen-bond donors (Lipinski definition) is 0. The van der Waals surface area contributed by atoms with E-state index in [4.69, 9.17) is 4.74 Å². The van der Waals surface area contributed by atoms with Crippen molar-refractivity contribution in [1.29, 1.82) is 0 Å². The van der Waals surface area contributed by atoms with Crippen LogP contribution in [-0.2, 0) is 6.54 Å². The van der Waals surface area contributed by atoms with Gasteiger partial charge in [0.2, 0.25) is 0 Å². The Kier molecular flexibility index (Phi) is 7.72. The highest BCUT2D eigenvalue weighted by atomic mass is 31.2. The van der Waals surface area contributed by atoms with E-state index < -0.39 is 7.51 Å². The molecule has 2 rings (SSSR count). The van der Waals surface area contributed by atoms with Crippen LogP contribution in [0.25, 0.3) is 0 Å². The molecule has 0 saturated carbocycles. The minimum atomic E-state index is -1.89. The third-order valence-corrected chi connectivity index (χ3v) is 9.70. The van der Waals surface area contributed by atoms with E-state index in [2.05, 4.69) is 93.8 Å². The fourth-order valence-electron chi connectivity index (χ4n) is 3.96. The minimum Gasteiger partial charge on any atom is -0.255 e. The van der Waals surface area contributed by atoms with Crippen LogP contribution in [0.1, 0.15) is 71.9 Å². The van der Waals surface area contributed by atoms with Crippen molar-refractivity contribution in [3.05, 3.63) is 35.4 Å². The molecule has 1 atom stereocenters. The van der Waals surface area contributed by atoms with Crippen molar-refractivity contribution in [3.8, 4) is 0 Å². The Morgan fingerprint density at radius 3 is 2.15 bits per heavy atom. The molecule has 1 aromatic carbocycles. The summed E-state index contributed by atoms with van der Waals surface area (Å²) >= 11 is 0. The molecule has 1 heterocycles. The molecule has 1 unspecified atom stereocenters. The van der Waals surface area contributed by atoms with Gasteiger partial charge in [-0.15, -0.1) is 0 Å². The highest BCUT2D eigenvalue weighted by Gasteiger charge is 2.41. The largest absolute Gasteiger partial charge is 0.255 e. The fraction of sp³-hybridized carbons (Fsp3) is 0.727. The summed E-state index contributed by atoms with van der Waals surface area (Å²) in [6.07, 6.45) is 1.21. The Balaban J connectivity index is 2.48. The van der Waals surface area contributed by atoms with E-state index in [9.17, 15) is 0 Å². The van der Waals surface area contributed by atoms with E-state index in [1.165, 1.54) is 17.5 Å². The van der Waals surface area contributed by atoms with E-state index in [0.717, 1.165) is 32.7 Å². The highest BCUT2D eigenvalue weighted by molar-refractivity contribution is 7.59. The van der Waals surface area contributed by atoms with Crippen LogP contribution in [0, 0.1) is 0 Å². The molecule has 154 valence electrons. The number of rotatable bonds is 6. The molecule has 4 nitrogen and oxygen atoms in total. The Hall–Kier alpha value is -0.670. The molecule has 0 aromatic heterocycles. The third-order valence-electron chi connectivity index (χ3n) is 5.29. The van der Waals surface area contributed by atoms with Crippen LogP contribution in [0.3, 0.4) is 0 Å². The quantitative estimate of drug-likeness (QED) is 0.552. The van der Waals surface area contributed by atoms with E-state index in [1.807, 2.05) is 0 Å². The van der Waals surface area contributed by atoms with Crippen LogP contribution in [0.15, 0.2) is 29.0 Å². The summed E-state index contributed by atoms with van der Waals surface area (Å²) < 4.78 is 13.4. The predicted octanol–water partition coefficient (Wildman–Crippen LogP) is 6.03. The van der Waals surface area contributed by atoms with Crippen LogP contribution < -0.4 is 0 Å². The van der Waals surface area contributed by atoms with Gasteiger partial charge in [-0.1, -0.05) is 52.0 Å². The van der Waals surface area contributed by atoms with E-state index in [1.54, 1.807) is 0 Å². The second kappa shape index (κ2) is 9.22. The normalized spacial score (nSPS) is 22.6. The first-order valence-electron chi connectivity index (χ1n) is 10.6. The molecular formula is C22H41N4P. The predicted molar refractivity (Wildman–Crippen MR) is 120 cm³/mol. The lowest BCUT2D eigenvalue weighted by Gasteiger charge is -2.52. The smallest absolute Gasteiger partial charge is 0.168 e. The van der Waals surface area contributed by atoms with Crippen molar-refractivity contribution >= 4 is 7.51 Å². The molecule has 27 heavy (non-hydrogen) atoms. The first-order valence-corrected chi connectivity index (χ1v) is 12.2. The molecule has 0 amide bonds. The van der Waals surface area contributed by atoms with E-state index >= 15 is 0 Å². The van der Waals surface area contributed by atoms with Crippen molar-refractivity contribution < 1.29 is 0 Å². The maximum atomic E-state index is 5.54. The van der Waals surface area contributed by atoms with Crippen LogP contribution >= 0.6 is 7.51 Å². The SMILES string of the molecule is CCN(CC)P1(=NC(C)(C)C)N(C)CCCN1Cc1ccc(C(C)C)cc1. The van der Waals surface area contributed by atoms with Gasteiger partial charge >= 0.3 is 0 Å². The van der Waals surface area contributed by atoms with E-state index in [0.29, 0.717) is 5.92 Å². The second-order valence-electron chi connectivity index (χ2n) is 8.97. The maximum absolute atomic E-state index is 5.54. The molecule has 0 spiro atoms. The Morgan fingerprint density at radius 2 is 1.67 bits per heavy atom. The van der Waals surface area contributed by atoms with Gasteiger partial charge in [-0.05, 0) is 51.3 Å². The first-order chi connectivity index (χ1) is 12.6. The lowest BCUT2D eigenvalue weighted by Crippen LogP contribution is -2.45. The summed E-state index contributed by atoms with van der Waals surface area (Å²) in [5, 5.41) is 0. The topological polar surface area (TPSA) is 22.1 Å². The van der Waals surface area contributed by atoms with Gasteiger partial charge in [0.25, 0.3) is 0 Å². The Bertz CT molecular complexity index is 641. The number of benzene rings is 1. The summed E-state index contributed by atoms with van der Waals surface area (Å²) in [6, 6.07) is 9.23.